The largest absolute Gasteiger partial charge is 0.486 e. The summed E-state index contributed by atoms with van der Waals surface area (Å²) in [5.74, 6) is 0.00623. The molecular weight excluding hydrogens is 626 g/mol. The fraction of sp³-hybridized carbons (Fsp3) is 0.333. The molecule has 258 valence electrons. The molecule has 0 radical (unpaired) electrons. The van der Waals surface area contributed by atoms with Gasteiger partial charge in [0.15, 0.2) is 11.5 Å². The summed E-state index contributed by atoms with van der Waals surface area (Å²) < 4.78 is 11.8. The molecule has 0 aliphatic carbocycles. The zero-order valence-corrected chi connectivity index (χ0v) is 28.3. The molecule has 4 amide bonds. The fourth-order valence-electron chi connectivity index (χ4n) is 5.74. The number of likely N-dealkylation sites (N-methyl/N-ethyl adjacent to an activating group) is 1. The SMILES string of the molecule is Cc1noc(C)c1NC(=O)Nc1cccc2c1O[C@@H](CN(C)Cc1ccc(C(=O)Nc3ccccc3N)cc1)[C@H](C)CN([C@@H](C)CO)C2=O. The quantitative estimate of drug-likeness (QED) is 0.144. The molecule has 0 spiro atoms. The van der Waals surface area contributed by atoms with E-state index >= 15 is 0 Å². The molecule has 2 heterocycles. The van der Waals surface area contributed by atoms with Crippen LogP contribution in [-0.2, 0) is 6.54 Å². The number of nitrogen functional groups attached to an aromatic ring is 1. The minimum Gasteiger partial charge on any atom is -0.486 e. The van der Waals surface area contributed by atoms with Crippen molar-refractivity contribution in [2.45, 2.75) is 46.4 Å². The highest BCUT2D eigenvalue weighted by molar-refractivity contribution is 6.06. The van der Waals surface area contributed by atoms with Gasteiger partial charge in [-0.1, -0.05) is 42.4 Å². The second-order valence-corrected chi connectivity index (χ2v) is 12.5. The first-order valence-electron chi connectivity index (χ1n) is 16.1. The third-order valence-electron chi connectivity index (χ3n) is 8.58. The first kappa shape index (κ1) is 34.9. The van der Waals surface area contributed by atoms with Gasteiger partial charge in [0.25, 0.3) is 11.8 Å². The van der Waals surface area contributed by atoms with E-state index in [1.54, 1.807) is 74.2 Å². The van der Waals surface area contributed by atoms with Crippen LogP contribution in [-0.4, -0.2) is 76.8 Å². The fourth-order valence-corrected chi connectivity index (χ4v) is 5.74. The first-order chi connectivity index (χ1) is 23.4. The normalized spacial score (nSPS) is 16.6. The molecule has 6 N–H and O–H groups in total. The molecule has 0 saturated heterocycles. The Hall–Kier alpha value is -5.40. The number of rotatable bonds is 10. The molecule has 4 aromatic rings. The molecule has 49 heavy (non-hydrogen) atoms. The van der Waals surface area contributed by atoms with Crippen molar-refractivity contribution in [1.82, 2.24) is 15.0 Å². The Morgan fingerprint density at radius 1 is 1.04 bits per heavy atom. The van der Waals surface area contributed by atoms with Gasteiger partial charge in [-0.05, 0) is 69.8 Å². The molecule has 0 bridgehead atoms. The number of carbonyl (C=O) groups is 3. The van der Waals surface area contributed by atoms with Gasteiger partial charge in [0.05, 0.1) is 35.3 Å². The second kappa shape index (κ2) is 15.2. The average Bonchev–Trinajstić information content (AvgIpc) is 3.39. The van der Waals surface area contributed by atoms with Gasteiger partial charge in [-0.15, -0.1) is 0 Å². The van der Waals surface area contributed by atoms with Crippen LogP contribution in [0.25, 0.3) is 0 Å². The molecule has 3 aromatic carbocycles. The van der Waals surface area contributed by atoms with E-state index in [-0.39, 0.29) is 35.7 Å². The number of benzene rings is 3. The Morgan fingerprint density at radius 3 is 2.43 bits per heavy atom. The number of fused-ring (bicyclic) bond motifs is 1. The molecule has 0 fully saturated rings. The van der Waals surface area contributed by atoms with E-state index in [1.807, 2.05) is 32.2 Å². The molecule has 3 atom stereocenters. The van der Waals surface area contributed by atoms with Crippen LogP contribution in [0.1, 0.15) is 51.6 Å². The van der Waals surface area contributed by atoms with Gasteiger partial charge >= 0.3 is 6.03 Å². The second-order valence-electron chi connectivity index (χ2n) is 12.5. The van der Waals surface area contributed by atoms with Gasteiger partial charge in [-0.3, -0.25) is 14.5 Å². The van der Waals surface area contributed by atoms with E-state index in [4.69, 9.17) is 15.0 Å². The van der Waals surface area contributed by atoms with Gasteiger partial charge in [-0.2, -0.15) is 0 Å². The van der Waals surface area contributed by atoms with Crippen molar-refractivity contribution in [2.24, 2.45) is 5.92 Å². The lowest BCUT2D eigenvalue weighted by Crippen LogP contribution is -2.49. The summed E-state index contributed by atoms with van der Waals surface area (Å²) in [5, 5.41) is 22.3. The molecule has 0 unspecified atom stereocenters. The number of anilines is 4. The number of amides is 4. The number of aliphatic hydroxyl groups excluding tert-OH is 1. The van der Waals surface area contributed by atoms with Crippen LogP contribution in [0.2, 0.25) is 0 Å². The number of urea groups is 1. The number of para-hydroxylation sites is 3. The van der Waals surface area contributed by atoms with Crippen LogP contribution >= 0.6 is 0 Å². The zero-order valence-electron chi connectivity index (χ0n) is 28.3. The van der Waals surface area contributed by atoms with Gasteiger partial charge in [0, 0.05) is 31.1 Å². The van der Waals surface area contributed by atoms with E-state index in [2.05, 4.69) is 26.0 Å². The van der Waals surface area contributed by atoms with Crippen LogP contribution in [0.5, 0.6) is 5.75 Å². The summed E-state index contributed by atoms with van der Waals surface area (Å²) >= 11 is 0. The maximum Gasteiger partial charge on any atom is 0.323 e. The summed E-state index contributed by atoms with van der Waals surface area (Å²) in [4.78, 5) is 43.5. The summed E-state index contributed by atoms with van der Waals surface area (Å²) in [5.41, 5.74) is 10.1. The highest BCUT2D eigenvalue weighted by Gasteiger charge is 2.34. The molecule has 1 aromatic heterocycles. The highest BCUT2D eigenvalue weighted by Crippen LogP contribution is 2.35. The molecular formula is C36H43N7O6. The van der Waals surface area contributed by atoms with Gasteiger partial charge in [-0.25, -0.2) is 4.79 Å². The van der Waals surface area contributed by atoms with E-state index in [9.17, 15) is 19.5 Å². The monoisotopic (exact) mass is 669 g/mol. The third kappa shape index (κ3) is 8.19. The lowest BCUT2D eigenvalue weighted by Gasteiger charge is -2.38. The number of carbonyl (C=O) groups excluding carboxylic acids is 3. The van der Waals surface area contributed by atoms with E-state index < -0.39 is 18.2 Å². The lowest BCUT2D eigenvalue weighted by atomic mass is 9.98. The van der Waals surface area contributed by atoms with Crippen LogP contribution in [0.3, 0.4) is 0 Å². The minimum atomic E-state index is -0.549. The number of hydrogen-bond acceptors (Lipinski definition) is 9. The number of nitrogens with two attached hydrogens (primary N) is 1. The van der Waals surface area contributed by atoms with Crippen molar-refractivity contribution >= 4 is 40.6 Å². The number of ether oxygens (including phenoxy) is 1. The third-order valence-corrected chi connectivity index (χ3v) is 8.58. The smallest absolute Gasteiger partial charge is 0.323 e. The van der Waals surface area contributed by atoms with Crippen molar-refractivity contribution < 1.29 is 28.8 Å². The highest BCUT2D eigenvalue weighted by atomic mass is 16.5. The Balaban J connectivity index is 1.34. The Kier molecular flexibility index (Phi) is 10.8. The maximum atomic E-state index is 13.8. The summed E-state index contributed by atoms with van der Waals surface area (Å²) in [7, 11) is 1.97. The first-order valence-corrected chi connectivity index (χ1v) is 16.1. The Morgan fingerprint density at radius 2 is 1.76 bits per heavy atom. The van der Waals surface area contributed by atoms with Crippen molar-refractivity contribution in [3.05, 3.63) is 94.9 Å². The zero-order chi connectivity index (χ0) is 35.2. The van der Waals surface area contributed by atoms with Crippen molar-refractivity contribution in [1.29, 1.82) is 0 Å². The van der Waals surface area contributed by atoms with Gasteiger partial charge in [0.2, 0.25) is 0 Å². The number of aliphatic hydroxyl groups is 1. The standard InChI is InChI=1S/C36H43N7O6/c1-21-17-43(22(2)20-44)35(46)27-9-8-12-30(39-36(47)40-32-23(3)41-49-24(32)4)33(27)48-31(21)19-42(5)18-25-13-15-26(16-14-25)34(45)38-29-11-7-6-10-28(29)37/h6-16,21-22,31,44H,17-20,37H2,1-5H3,(H,38,45)(H2,39,40,47)/t21-,22+,31+/m1/s1. The van der Waals surface area contributed by atoms with E-state index in [1.165, 1.54) is 0 Å². The Bertz CT molecular complexity index is 1790. The van der Waals surface area contributed by atoms with E-state index in [0.29, 0.717) is 59.4 Å². The summed E-state index contributed by atoms with van der Waals surface area (Å²) in [6, 6.07) is 18.5. The van der Waals surface area contributed by atoms with Gasteiger partial charge in [0.1, 0.15) is 17.5 Å². The van der Waals surface area contributed by atoms with Crippen LogP contribution in [0.15, 0.2) is 71.3 Å². The lowest BCUT2D eigenvalue weighted by molar-refractivity contribution is 0.0343. The number of nitrogens with one attached hydrogen (secondary N) is 3. The average molecular weight is 670 g/mol. The predicted molar refractivity (Wildman–Crippen MR) is 188 cm³/mol. The van der Waals surface area contributed by atoms with Crippen LogP contribution < -0.4 is 26.4 Å². The number of nitrogens with zero attached hydrogens (tertiary/aromatic N) is 3. The molecule has 0 saturated carbocycles. The number of hydrogen-bond donors (Lipinski definition) is 5. The minimum absolute atomic E-state index is 0.144. The molecule has 13 heteroatoms. The predicted octanol–water partition coefficient (Wildman–Crippen LogP) is 5.12. The van der Waals surface area contributed by atoms with Gasteiger partial charge < -0.3 is 41.0 Å². The van der Waals surface area contributed by atoms with Crippen molar-refractivity contribution in [2.75, 3.05) is 48.4 Å². The van der Waals surface area contributed by atoms with Crippen LogP contribution in [0.4, 0.5) is 27.5 Å². The molecule has 1 aliphatic heterocycles. The van der Waals surface area contributed by atoms with E-state index in [0.717, 1.165) is 5.56 Å². The molecule has 13 nitrogen and oxygen atoms in total. The van der Waals surface area contributed by atoms with Crippen molar-refractivity contribution in [3.63, 3.8) is 0 Å². The topological polar surface area (TPSA) is 175 Å². The Labute approximate surface area is 285 Å². The molecule has 5 rings (SSSR count). The number of aromatic nitrogens is 1. The number of aryl methyl sites for hydroxylation is 2. The maximum absolute atomic E-state index is 13.8. The summed E-state index contributed by atoms with van der Waals surface area (Å²) in [6.07, 6.45) is -0.403. The molecule has 1 aliphatic rings. The summed E-state index contributed by atoms with van der Waals surface area (Å²) in [6.45, 7) is 8.41. The van der Waals surface area contributed by atoms with Crippen molar-refractivity contribution in [3.8, 4) is 5.75 Å². The van der Waals surface area contributed by atoms with Crippen LogP contribution in [0, 0.1) is 19.8 Å².